The topological polar surface area (TPSA) is 190 Å². The summed E-state index contributed by atoms with van der Waals surface area (Å²) in [4.78, 5) is 17.1. The van der Waals surface area contributed by atoms with E-state index in [9.17, 15) is 0 Å². The fraction of sp³-hybridized carbons (Fsp3) is 0.118. The van der Waals surface area contributed by atoms with Crippen molar-refractivity contribution in [3.63, 3.8) is 0 Å². The molecule has 0 atom stereocenters. The van der Waals surface area contributed by atoms with Crippen molar-refractivity contribution in [2.45, 2.75) is 13.5 Å². The lowest BCUT2D eigenvalue weighted by atomic mass is 10.1. The average Bonchev–Trinajstić information content (AvgIpc) is 2.51. The molecular weight excluding hydrogens is 409 g/mol. The first-order valence-electron chi connectivity index (χ1n) is 7.45. The Labute approximate surface area is 170 Å². The molecule has 0 spiro atoms. The zero-order valence-corrected chi connectivity index (χ0v) is 16.3. The van der Waals surface area contributed by atoms with Crippen LogP contribution in [-0.4, -0.2) is 32.0 Å². The number of anilines is 3. The summed E-state index contributed by atoms with van der Waals surface area (Å²) in [6.07, 6.45) is 0. The Kier molecular flexibility index (Phi) is 9.97. The van der Waals surface area contributed by atoms with Crippen LogP contribution in [0.1, 0.15) is 12.5 Å². The maximum Gasteiger partial charge on any atom is 0.300 e. The molecule has 0 amide bonds. The predicted octanol–water partition coefficient (Wildman–Crippen LogP) is 2.15. The van der Waals surface area contributed by atoms with Gasteiger partial charge in [-0.15, -0.1) is 0 Å². The summed E-state index contributed by atoms with van der Waals surface area (Å²) >= 11 is 12.0. The highest BCUT2D eigenvalue weighted by Crippen LogP contribution is 2.24. The minimum Gasteiger partial charge on any atom is -0.481 e. The van der Waals surface area contributed by atoms with Crippen molar-refractivity contribution in [1.82, 2.24) is 9.97 Å². The highest BCUT2D eigenvalue weighted by atomic mass is 35.5. The fourth-order valence-electron chi connectivity index (χ4n) is 2.19. The van der Waals surface area contributed by atoms with Crippen molar-refractivity contribution < 1.29 is 20.9 Å². The number of carboxylic acid groups (broad SMARTS) is 1. The third-order valence-corrected chi connectivity index (χ3v) is 3.60. The Hall–Kier alpha value is -2.85. The van der Waals surface area contributed by atoms with Crippen molar-refractivity contribution in [1.29, 1.82) is 0 Å². The van der Waals surface area contributed by atoms with E-state index in [1.165, 1.54) is 0 Å². The van der Waals surface area contributed by atoms with Crippen LogP contribution < -0.4 is 16.8 Å². The number of benzene rings is 2. The Morgan fingerprint density at radius 2 is 1.64 bits per heavy atom. The summed E-state index contributed by atoms with van der Waals surface area (Å²) in [5.74, 6) is -0.292. The molecule has 152 valence electrons. The summed E-state index contributed by atoms with van der Waals surface area (Å²) in [5.41, 5.74) is 14.1. The summed E-state index contributed by atoms with van der Waals surface area (Å²) in [5, 5.41) is 12.6. The average molecular weight is 430 g/mol. The fourth-order valence-corrected chi connectivity index (χ4v) is 2.71. The van der Waals surface area contributed by atoms with Crippen molar-refractivity contribution in [3.8, 4) is 0 Å². The number of fused-ring (bicyclic) bond motifs is 1. The number of carboxylic acids is 1. The Bertz CT molecular complexity index is 932. The number of halogens is 2. The number of rotatable bonds is 3. The molecular formula is C17H21Cl2N5O4. The number of hydrogen-bond donors (Lipinski definition) is 4. The highest BCUT2D eigenvalue weighted by Gasteiger charge is 2.05. The van der Waals surface area contributed by atoms with E-state index >= 15 is 0 Å². The van der Waals surface area contributed by atoms with Crippen LogP contribution in [0.25, 0.3) is 10.9 Å². The second kappa shape index (κ2) is 11.1. The molecule has 0 aliphatic carbocycles. The van der Waals surface area contributed by atoms with Gasteiger partial charge in [0.2, 0.25) is 5.95 Å². The molecule has 0 fully saturated rings. The first-order valence-corrected chi connectivity index (χ1v) is 8.21. The van der Waals surface area contributed by atoms with Gasteiger partial charge in [-0.1, -0.05) is 29.3 Å². The highest BCUT2D eigenvalue weighted by molar-refractivity contribution is 6.35. The number of hydrogen-bond acceptors (Lipinski definition) is 6. The summed E-state index contributed by atoms with van der Waals surface area (Å²) in [6, 6.07) is 11.1. The Balaban J connectivity index is 0.00000111. The molecule has 28 heavy (non-hydrogen) atoms. The van der Waals surface area contributed by atoms with Gasteiger partial charge in [0.05, 0.1) is 5.52 Å². The number of nitrogens with one attached hydrogen (secondary N) is 1. The second-order valence-electron chi connectivity index (χ2n) is 5.35. The standard InChI is InChI=1S/C15H13Cl2N5.C2H4O2.2H2O/c16-9-4-10(17)6-11(5-9)20-7-8-1-2-13-12(3-8)14(18)22-15(19)21-13;1-2(3)4;;/h1-6,20H,7H2,(H4,18,19,21,22);1H3,(H,3,4);2*1H2. The molecule has 2 aromatic carbocycles. The number of nitrogens with two attached hydrogens (primary N) is 2. The van der Waals surface area contributed by atoms with Crippen LogP contribution in [0.3, 0.4) is 0 Å². The number of carbonyl (C=O) groups is 1. The molecule has 1 aromatic heterocycles. The van der Waals surface area contributed by atoms with E-state index in [-0.39, 0.29) is 16.9 Å². The van der Waals surface area contributed by atoms with Gasteiger partial charge in [0, 0.05) is 34.6 Å². The van der Waals surface area contributed by atoms with Crippen LogP contribution >= 0.6 is 23.2 Å². The number of nitrogens with zero attached hydrogens (tertiary/aromatic N) is 2. The molecule has 0 aliphatic rings. The van der Waals surface area contributed by atoms with Crippen LogP contribution in [0, 0.1) is 0 Å². The molecule has 0 radical (unpaired) electrons. The van der Waals surface area contributed by atoms with Crippen molar-refractivity contribution in [3.05, 3.63) is 52.0 Å². The maximum absolute atomic E-state index is 9.00. The Morgan fingerprint density at radius 1 is 1.07 bits per heavy atom. The third-order valence-electron chi connectivity index (χ3n) is 3.17. The molecule has 3 rings (SSSR count). The molecule has 0 unspecified atom stereocenters. The van der Waals surface area contributed by atoms with Gasteiger partial charge in [0.1, 0.15) is 5.82 Å². The first kappa shape index (κ1) is 25.2. The first-order chi connectivity index (χ1) is 12.2. The van der Waals surface area contributed by atoms with Gasteiger partial charge in [-0.3, -0.25) is 4.79 Å². The van der Waals surface area contributed by atoms with E-state index in [0.717, 1.165) is 29.1 Å². The van der Waals surface area contributed by atoms with Crippen molar-refractivity contribution >= 4 is 57.5 Å². The smallest absolute Gasteiger partial charge is 0.300 e. The van der Waals surface area contributed by atoms with Gasteiger partial charge < -0.3 is 32.8 Å². The molecule has 3 aromatic rings. The molecule has 0 saturated heterocycles. The molecule has 1 heterocycles. The molecule has 11 heteroatoms. The van der Waals surface area contributed by atoms with Crippen molar-refractivity contribution in [2.75, 3.05) is 16.8 Å². The van der Waals surface area contributed by atoms with Gasteiger partial charge in [-0.05, 0) is 35.9 Å². The lowest BCUT2D eigenvalue weighted by Crippen LogP contribution is -2.03. The molecule has 0 bridgehead atoms. The normalized spacial score (nSPS) is 9.39. The van der Waals surface area contributed by atoms with E-state index in [1.54, 1.807) is 6.07 Å². The number of aromatic nitrogens is 2. The SMILES string of the molecule is CC(=O)O.Nc1nc(N)c2cc(CNc3cc(Cl)cc(Cl)c3)ccc2n1.O.O. The minimum atomic E-state index is -0.833. The lowest BCUT2D eigenvalue weighted by molar-refractivity contribution is -0.134. The molecule has 9 nitrogen and oxygen atoms in total. The van der Waals surface area contributed by atoms with Gasteiger partial charge in [-0.2, -0.15) is 4.98 Å². The van der Waals surface area contributed by atoms with Gasteiger partial charge in [0.25, 0.3) is 5.97 Å². The van der Waals surface area contributed by atoms with E-state index in [4.69, 9.17) is 44.6 Å². The molecule has 0 aliphatic heterocycles. The lowest BCUT2D eigenvalue weighted by Gasteiger charge is -2.09. The summed E-state index contributed by atoms with van der Waals surface area (Å²) in [7, 11) is 0. The van der Waals surface area contributed by atoms with E-state index < -0.39 is 5.97 Å². The minimum absolute atomic E-state index is 0. The van der Waals surface area contributed by atoms with E-state index in [2.05, 4.69) is 15.3 Å². The number of aliphatic carboxylic acids is 1. The molecule has 10 N–H and O–H groups in total. The van der Waals surface area contributed by atoms with Crippen molar-refractivity contribution in [2.24, 2.45) is 0 Å². The predicted molar refractivity (Wildman–Crippen MR) is 113 cm³/mol. The zero-order chi connectivity index (χ0) is 19.3. The zero-order valence-electron chi connectivity index (χ0n) is 14.8. The van der Waals surface area contributed by atoms with Crippen LogP contribution in [0.5, 0.6) is 0 Å². The van der Waals surface area contributed by atoms with Crippen LogP contribution in [0.2, 0.25) is 10.0 Å². The van der Waals surface area contributed by atoms with Crippen LogP contribution in [0.4, 0.5) is 17.5 Å². The van der Waals surface area contributed by atoms with E-state index in [0.29, 0.717) is 22.4 Å². The summed E-state index contributed by atoms with van der Waals surface area (Å²) in [6.45, 7) is 1.68. The molecule has 0 saturated carbocycles. The third kappa shape index (κ3) is 7.41. The maximum atomic E-state index is 9.00. The quantitative estimate of drug-likeness (QED) is 0.489. The Morgan fingerprint density at radius 3 is 2.21 bits per heavy atom. The monoisotopic (exact) mass is 429 g/mol. The van der Waals surface area contributed by atoms with Gasteiger partial charge in [0.15, 0.2) is 0 Å². The number of nitrogen functional groups attached to an aromatic ring is 2. The van der Waals surface area contributed by atoms with Gasteiger partial charge >= 0.3 is 0 Å². The van der Waals surface area contributed by atoms with Crippen LogP contribution in [0.15, 0.2) is 36.4 Å². The van der Waals surface area contributed by atoms with Crippen LogP contribution in [-0.2, 0) is 11.3 Å². The largest absolute Gasteiger partial charge is 0.481 e. The van der Waals surface area contributed by atoms with Gasteiger partial charge in [-0.25, -0.2) is 4.98 Å². The second-order valence-corrected chi connectivity index (χ2v) is 6.22. The summed E-state index contributed by atoms with van der Waals surface area (Å²) < 4.78 is 0. The van der Waals surface area contributed by atoms with E-state index in [1.807, 2.05) is 30.3 Å².